The van der Waals surface area contributed by atoms with Gasteiger partial charge < -0.3 is 14.2 Å². The van der Waals surface area contributed by atoms with E-state index in [1.165, 1.54) is 0 Å². The van der Waals surface area contributed by atoms with E-state index in [0.717, 1.165) is 58.1 Å². The number of halogens is 1. The van der Waals surface area contributed by atoms with Crippen LogP contribution in [-0.4, -0.2) is 39.0 Å². The summed E-state index contributed by atoms with van der Waals surface area (Å²) < 4.78 is 8.16. The van der Waals surface area contributed by atoms with Gasteiger partial charge in [-0.15, -0.1) is 0 Å². The van der Waals surface area contributed by atoms with E-state index in [4.69, 9.17) is 21.3 Å². The molecule has 0 aliphatic heterocycles. The summed E-state index contributed by atoms with van der Waals surface area (Å²) in [6, 6.07) is 17.4. The van der Waals surface area contributed by atoms with Gasteiger partial charge in [-0.1, -0.05) is 29.8 Å². The number of nitrogens with zero attached hydrogens (tertiary/aromatic N) is 4. The minimum atomic E-state index is -0.124. The van der Waals surface area contributed by atoms with Crippen LogP contribution in [0.25, 0.3) is 11.0 Å². The Balaban J connectivity index is 1.41. The molecule has 4 aromatic rings. The number of hydrogen-bond donors (Lipinski definition) is 0. The minimum Gasteiger partial charge on any atom is -0.494 e. The average Bonchev–Trinajstić information content (AvgIpc) is 3.19. The maximum absolute atomic E-state index is 12.8. The third kappa shape index (κ3) is 5.39. The summed E-state index contributed by atoms with van der Waals surface area (Å²) in [6.07, 6.45) is 3.46. The van der Waals surface area contributed by atoms with Crippen molar-refractivity contribution in [3.8, 4) is 5.75 Å². The van der Waals surface area contributed by atoms with E-state index < -0.39 is 0 Å². The van der Waals surface area contributed by atoms with E-state index in [0.29, 0.717) is 18.8 Å². The third-order valence-corrected chi connectivity index (χ3v) is 6.39. The molecule has 0 fully saturated rings. The Morgan fingerprint density at radius 2 is 1.79 bits per heavy atom. The van der Waals surface area contributed by atoms with E-state index in [9.17, 15) is 4.79 Å². The number of aryl methyl sites for hydroxylation is 3. The highest BCUT2D eigenvalue weighted by Gasteiger charge is 2.17. The predicted octanol–water partition coefficient (Wildman–Crippen LogP) is 5.83. The number of carbonyl (C=O) groups excluding carboxylic acids is 1. The van der Waals surface area contributed by atoms with Gasteiger partial charge in [-0.2, -0.15) is 0 Å². The fraction of sp³-hybridized carbons (Fsp3) is 0.296. The number of hydrogen-bond acceptors (Lipinski definition) is 4. The molecule has 176 valence electrons. The molecule has 34 heavy (non-hydrogen) atoms. The zero-order valence-corrected chi connectivity index (χ0v) is 20.5. The molecule has 0 unspecified atom stereocenters. The zero-order chi connectivity index (χ0) is 24.1. The van der Waals surface area contributed by atoms with Crippen LogP contribution in [0.4, 0.5) is 0 Å². The number of pyridine rings is 1. The van der Waals surface area contributed by atoms with Crippen molar-refractivity contribution < 1.29 is 9.53 Å². The Bertz CT molecular complexity index is 1260. The highest BCUT2D eigenvalue weighted by molar-refractivity contribution is 6.32. The summed E-state index contributed by atoms with van der Waals surface area (Å²) >= 11 is 6.25. The van der Waals surface area contributed by atoms with Gasteiger partial charge in [0.05, 0.1) is 24.2 Å². The quantitative estimate of drug-likeness (QED) is 0.285. The number of ether oxygens (including phenoxy) is 1. The van der Waals surface area contributed by atoms with Crippen molar-refractivity contribution in [2.75, 3.05) is 13.7 Å². The summed E-state index contributed by atoms with van der Waals surface area (Å²) in [7, 11) is 1.78. The molecule has 0 spiro atoms. The number of amides is 1. The Hall–Kier alpha value is -3.38. The molecule has 1 amide bonds. The molecule has 2 aromatic carbocycles. The molecule has 0 N–H and O–H groups in total. The molecule has 7 heteroatoms. The van der Waals surface area contributed by atoms with Crippen LogP contribution in [0.3, 0.4) is 0 Å². The highest BCUT2D eigenvalue weighted by atomic mass is 35.5. The summed E-state index contributed by atoms with van der Waals surface area (Å²) in [4.78, 5) is 23.4. The maximum atomic E-state index is 12.8. The molecule has 0 aliphatic carbocycles. The van der Waals surface area contributed by atoms with Gasteiger partial charge in [0.25, 0.3) is 5.91 Å². The summed E-state index contributed by atoms with van der Waals surface area (Å²) in [5.41, 5.74) is 4.48. The normalized spacial score (nSPS) is 11.1. The van der Waals surface area contributed by atoms with Crippen LogP contribution in [0.1, 0.15) is 40.3 Å². The topological polar surface area (TPSA) is 60.2 Å². The van der Waals surface area contributed by atoms with Crippen molar-refractivity contribution in [2.45, 2.75) is 39.8 Å². The molecule has 4 rings (SSSR count). The Labute approximate surface area is 205 Å². The summed E-state index contributed by atoms with van der Waals surface area (Å²) in [5.74, 6) is 1.59. The summed E-state index contributed by atoms with van der Waals surface area (Å²) in [5, 5.41) is 0.790. The molecule has 6 nitrogen and oxygen atoms in total. The molecule has 2 aromatic heterocycles. The van der Waals surface area contributed by atoms with Crippen LogP contribution in [0.15, 0.2) is 60.8 Å². The molecule has 0 saturated carbocycles. The van der Waals surface area contributed by atoms with Crippen LogP contribution in [-0.2, 0) is 13.1 Å². The lowest BCUT2D eigenvalue weighted by Gasteiger charge is -2.18. The van der Waals surface area contributed by atoms with Gasteiger partial charge in [0, 0.05) is 24.8 Å². The number of aromatic nitrogens is 3. The van der Waals surface area contributed by atoms with Gasteiger partial charge in [-0.05, 0) is 74.2 Å². The SMILES string of the molecule is Cc1cc(OCCCCn2c(CN(C)C(=O)c3ccccn3)nc3ccccc32)cc(C)c1Cl. The standard InChI is InChI=1S/C27H29ClN4O2/c1-19-16-21(17-20(2)26(19)28)34-15-9-8-14-32-24-12-5-4-10-22(24)30-25(32)18-31(3)27(33)23-11-6-7-13-29-23/h4-7,10-13,16-17H,8-9,14-15,18H2,1-3H3. The third-order valence-electron chi connectivity index (χ3n) is 5.80. The van der Waals surface area contributed by atoms with Gasteiger partial charge >= 0.3 is 0 Å². The molecule has 0 aliphatic rings. The van der Waals surface area contributed by atoms with Crippen LogP contribution in [0, 0.1) is 13.8 Å². The van der Waals surface area contributed by atoms with Crippen molar-refractivity contribution in [3.63, 3.8) is 0 Å². The first-order chi connectivity index (χ1) is 16.4. The predicted molar refractivity (Wildman–Crippen MR) is 135 cm³/mol. The van der Waals surface area contributed by atoms with Gasteiger partial charge in [-0.3, -0.25) is 9.78 Å². The first-order valence-electron chi connectivity index (χ1n) is 11.4. The number of para-hydroxylation sites is 2. The number of carbonyl (C=O) groups is 1. The van der Waals surface area contributed by atoms with Gasteiger partial charge in [0.1, 0.15) is 17.3 Å². The van der Waals surface area contributed by atoms with Crippen molar-refractivity contribution in [2.24, 2.45) is 0 Å². The Kier molecular flexibility index (Phi) is 7.48. The maximum Gasteiger partial charge on any atom is 0.272 e. The van der Waals surface area contributed by atoms with E-state index >= 15 is 0 Å². The number of benzene rings is 2. The Morgan fingerprint density at radius 1 is 1.06 bits per heavy atom. The molecule has 0 atom stereocenters. The highest BCUT2D eigenvalue weighted by Crippen LogP contribution is 2.26. The minimum absolute atomic E-state index is 0.124. The number of rotatable bonds is 9. The lowest BCUT2D eigenvalue weighted by Crippen LogP contribution is -2.28. The van der Waals surface area contributed by atoms with E-state index in [2.05, 4.69) is 15.6 Å². The van der Waals surface area contributed by atoms with Gasteiger partial charge in [0.2, 0.25) is 0 Å². The second-order valence-corrected chi connectivity index (χ2v) is 8.85. The number of unbranched alkanes of at least 4 members (excludes halogenated alkanes) is 1. The molecular formula is C27H29ClN4O2. The number of fused-ring (bicyclic) bond motifs is 1. The van der Waals surface area contributed by atoms with Crippen molar-refractivity contribution in [1.29, 1.82) is 0 Å². The first-order valence-corrected chi connectivity index (χ1v) is 11.8. The summed E-state index contributed by atoms with van der Waals surface area (Å²) in [6.45, 7) is 5.81. The van der Waals surface area contributed by atoms with E-state index in [1.807, 2.05) is 50.2 Å². The van der Waals surface area contributed by atoms with Gasteiger partial charge in [-0.25, -0.2) is 4.98 Å². The molecule has 0 bridgehead atoms. The first kappa shape index (κ1) is 23.8. The fourth-order valence-electron chi connectivity index (χ4n) is 4.02. The van der Waals surface area contributed by atoms with Crippen LogP contribution >= 0.6 is 11.6 Å². The smallest absolute Gasteiger partial charge is 0.272 e. The van der Waals surface area contributed by atoms with Gasteiger partial charge in [0.15, 0.2) is 0 Å². The average molecular weight is 477 g/mol. The van der Waals surface area contributed by atoms with Crippen molar-refractivity contribution in [3.05, 3.63) is 88.5 Å². The molecule has 0 saturated heterocycles. The zero-order valence-electron chi connectivity index (χ0n) is 19.8. The molecular weight excluding hydrogens is 448 g/mol. The Morgan fingerprint density at radius 3 is 2.53 bits per heavy atom. The fourth-order valence-corrected chi connectivity index (χ4v) is 4.12. The lowest BCUT2D eigenvalue weighted by atomic mass is 10.1. The molecule has 2 heterocycles. The van der Waals surface area contributed by atoms with Crippen LogP contribution < -0.4 is 4.74 Å². The van der Waals surface area contributed by atoms with Crippen molar-refractivity contribution in [1.82, 2.24) is 19.4 Å². The lowest BCUT2D eigenvalue weighted by molar-refractivity contribution is 0.0774. The monoisotopic (exact) mass is 476 g/mol. The van der Waals surface area contributed by atoms with Crippen LogP contribution in [0.2, 0.25) is 5.02 Å². The molecule has 0 radical (unpaired) electrons. The van der Waals surface area contributed by atoms with Crippen LogP contribution in [0.5, 0.6) is 5.75 Å². The van der Waals surface area contributed by atoms with E-state index in [-0.39, 0.29) is 5.91 Å². The largest absolute Gasteiger partial charge is 0.494 e. The second kappa shape index (κ2) is 10.7. The van der Waals surface area contributed by atoms with E-state index in [1.54, 1.807) is 30.3 Å². The second-order valence-electron chi connectivity index (χ2n) is 8.47. The van der Waals surface area contributed by atoms with Crippen molar-refractivity contribution >= 4 is 28.5 Å². The number of imidazole rings is 1.